The van der Waals surface area contributed by atoms with Crippen LogP contribution < -0.4 is 10.3 Å². The number of nitrogens with one attached hydrogen (secondary N) is 1. The van der Waals surface area contributed by atoms with E-state index in [1.54, 1.807) is 36.4 Å². The molecule has 1 aliphatic rings. The molecule has 1 saturated heterocycles. The molecule has 0 atom stereocenters. The minimum absolute atomic E-state index is 0.0220. The average Bonchev–Trinajstić information content (AvgIpc) is 3.05. The lowest BCUT2D eigenvalue weighted by Crippen LogP contribution is -2.36. The van der Waals surface area contributed by atoms with E-state index in [9.17, 15) is 17.6 Å². The van der Waals surface area contributed by atoms with Crippen LogP contribution in [0.1, 0.15) is 34.0 Å². The molecule has 5 rings (SSSR count). The van der Waals surface area contributed by atoms with Crippen LogP contribution in [0.5, 0.6) is 0 Å². The van der Waals surface area contributed by atoms with Gasteiger partial charge in [-0.2, -0.15) is 9.41 Å². The van der Waals surface area contributed by atoms with Crippen molar-refractivity contribution >= 4 is 38.9 Å². The number of sulfonamides is 1. The quantitative estimate of drug-likeness (QED) is 0.174. The Morgan fingerprint density at radius 2 is 1.52 bits per heavy atom. The van der Waals surface area contributed by atoms with Crippen LogP contribution in [0.4, 0.5) is 10.1 Å². The number of anilines is 1. The number of benzene rings is 4. The maximum atomic E-state index is 13.6. The first-order valence-corrected chi connectivity index (χ1v) is 15.9. The zero-order chi connectivity index (χ0) is 31.1. The lowest BCUT2D eigenvalue weighted by Gasteiger charge is -2.29. The van der Waals surface area contributed by atoms with Gasteiger partial charge in [0, 0.05) is 42.5 Å². The standard InChI is InChI=1S/C33H32ClFN4O4S/c1-24(28-3-2-4-31(21-28)38-17-19-43-20-18-38)36-37-33(40)27-9-5-25(6-10-27)22-39(23-26-7-13-30(35)14-8-26)44(41,42)32-15-11-29(34)12-16-32/h2-16,21H,17-20,22-23H2,1H3,(H,37,40). The molecule has 0 spiro atoms. The molecule has 1 amide bonds. The zero-order valence-corrected chi connectivity index (χ0v) is 25.7. The van der Waals surface area contributed by atoms with Crippen molar-refractivity contribution in [1.29, 1.82) is 0 Å². The summed E-state index contributed by atoms with van der Waals surface area (Å²) in [6.45, 7) is 4.91. The summed E-state index contributed by atoms with van der Waals surface area (Å²) in [6, 6.07) is 26.3. The smallest absolute Gasteiger partial charge is 0.271 e. The summed E-state index contributed by atoms with van der Waals surface area (Å²) in [7, 11) is -3.93. The highest BCUT2D eigenvalue weighted by Crippen LogP contribution is 2.23. The van der Waals surface area contributed by atoms with Crippen LogP contribution in [0.15, 0.2) is 107 Å². The van der Waals surface area contributed by atoms with E-state index in [0.29, 0.717) is 40.6 Å². The van der Waals surface area contributed by atoms with Crippen molar-refractivity contribution in [2.75, 3.05) is 31.2 Å². The average molecular weight is 635 g/mol. The number of rotatable bonds is 10. The predicted molar refractivity (Wildman–Crippen MR) is 170 cm³/mol. The van der Waals surface area contributed by atoms with E-state index in [1.165, 1.54) is 40.7 Å². The highest BCUT2D eigenvalue weighted by atomic mass is 35.5. The third-order valence-electron chi connectivity index (χ3n) is 7.26. The van der Waals surface area contributed by atoms with E-state index < -0.39 is 21.7 Å². The van der Waals surface area contributed by atoms with Gasteiger partial charge in [-0.1, -0.05) is 48.0 Å². The minimum Gasteiger partial charge on any atom is -0.378 e. The van der Waals surface area contributed by atoms with E-state index in [-0.39, 0.29) is 18.0 Å². The van der Waals surface area contributed by atoms with Crippen LogP contribution in [-0.2, 0) is 27.8 Å². The van der Waals surface area contributed by atoms with Crippen LogP contribution in [0.2, 0.25) is 5.02 Å². The molecule has 4 aromatic carbocycles. The van der Waals surface area contributed by atoms with Gasteiger partial charge in [0.1, 0.15) is 5.82 Å². The number of halogens is 2. The van der Waals surface area contributed by atoms with Crippen LogP contribution in [0.3, 0.4) is 0 Å². The Morgan fingerprint density at radius 1 is 0.909 bits per heavy atom. The van der Waals surface area contributed by atoms with Gasteiger partial charge in [-0.25, -0.2) is 18.2 Å². The Balaban J connectivity index is 1.28. The van der Waals surface area contributed by atoms with Crippen molar-refractivity contribution in [2.45, 2.75) is 24.9 Å². The highest BCUT2D eigenvalue weighted by molar-refractivity contribution is 7.89. The monoisotopic (exact) mass is 634 g/mol. The zero-order valence-electron chi connectivity index (χ0n) is 24.1. The molecule has 4 aromatic rings. The maximum Gasteiger partial charge on any atom is 0.271 e. The predicted octanol–water partition coefficient (Wildman–Crippen LogP) is 5.86. The summed E-state index contributed by atoms with van der Waals surface area (Å²) in [5, 5.41) is 4.72. The number of hydrazone groups is 1. The second-order valence-corrected chi connectivity index (χ2v) is 12.7. The van der Waals surface area contributed by atoms with Gasteiger partial charge in [0.25, 0.3) is 5.91 Å². The summed E-state index contributed by atoms with van der Waals surface area (Å²) < 4.78 is 47.4. The van der Waals surface area contributed by atoms with Gasteiger partial charge in [0.05, 0.1) is 23.8 Å². The second kappa shape index (κ2) is 14.1. The molecule has 0 radical (unpaired) electrons. The Labute approximate surface area is 261 Å². The molecule has 1 fully saturated rings. The van der Waals surface area contributed by atoms with E-state index in [1.807, 2.05) is 31.2 Å². The number of carbonyl (C=O) groups excluding carboxylic acids is 1. The Kier molecular flexibility index (Phi) is 10.1. The molecule has 228 valence electrons. The summed E-state index contributed by atoms with van der Waals surface area (Å²) in [5.74, 6) is -0.798. The fraction of sp³-hybridized carbons (Fsp3) is 0.212. The Hall–Kier alpha value is -4.09. The molecule has 44 heavy (non-hydrogen) atoms. The minimum atomic E-state index is -3.93. The van der Waals surface area contributed by atoms with Gasteiger partial charge in [-0.3, -0.25) is 4.79 Å². The fourth-order valence-electron chi connectivity index (χ4n) is 4.75. The topological polar surface area (TPSA) is 91.3 Å². The number of carbonyl (C=O) groups is 1. The second-order valence-electron chi connectivity index (χ2n) is 10.3. The van der Waals surface area contributed by atoms with E-state index in [4.69, 9.17) is 16.3 Å². The molecule has 0 saturated carbocycles. The van der Waals surface area contributed by atoms with Gasteiger partial charge in [0.2, 0.25) is 10.0 Å². The van der Waals surface area contributed by atoms with Crippen molar-refractivity contribution in [3.8, 4) is 0 Å². The Bertz CT molecular complexity index is 1730. The van der Waals surface area contributed by atoms with Crippen LogP contribution in [0.25, 0.3) is 0 Å². The summed E-state index contributed by atoms with van der Waals surface area (Å²) in [5.41, 5.74) is 6.92. The number of amides is 1. The normalized spacial score (nSPS) is 14.1. The number of nitrogens with zero attached hydrogens (tertiary/aromatic N) is 3. The molecule has 0 aromatic heterocycles. The third-order valence-corrected chi connectivity index (χ3v) is 9.32. The van der Waals surface area contributed by atoms with Crippen molar-refractivity contribution in [3.63, 3.8) is 0 Å². The molecular formula is C33H32ClFN4O4S. The van der Waals surface area contributed by atoms with Crippen LogP contribution in [0, 0.1) is 5.82 Å². The molecule has 1 N–H and O–H groups in total. The van der Waals surface area contributed by atoms with Crippen molar-refractivity contribution in [2.24, 2.45) is 5.10 Å². The van der Waals surface area contributed by atoms with Gasteiger partial charge >= 0.3 is 0 Å². The first kappa shape index (κ1) is 31.3. The number of ether oxygens (including phenoxy) is 1. The van der Waals surface area contributed by atoms with E-state index >= 15 is 0 Å². The van der Waals surface area contributed by atoms with Gasteiger partial charge in [-0.05, 0) is 84.3 Å². The van der Waals surface area contributed by atoms with Crippen LogP contribution in [-0.4, -0.2) is 50.6 Å². The first-order valence-electron chi connectivity index (χ1n) is 14.1. The number of morpholine rings is 1. The van der Waals surface area contributed by atoms with Crippen molar-refractivity contribution < 1.29 is 22.3 Å². The van der Waals surface area contributed by atoms with E-state index in [0.717, 1.165) is 24.3 Å². The summed E-state index contributed by atoms with van der Waals surface area (Å²) in [4.78, 5) is 15.2. The SMILES string of the molecule is CC(=NNC(=O)c1ccc(CN(Cc2ccc(F)cc2)S(=O)(=O)c2ccc(Cl)cc2)cc1)c1cccc(N2CCOCC2)c1. The molecular weight excluding hydrogens is 603 g/mol. The highest BCUT2D eigenvalue weighted by Gasteiger charge is 2.25. The first-order chi connectivity index (χ1) is 21.2. The molecule has 1 heterocycles. The van der Waals surface area contributed by atoms with Gasteiger partial charge in [0.15, 0.2) is 0 Å². The molecule has 0 bridgehead atoms. The van der Waals surface area contributed by atoms with Gasteiger partial charge < -0.3 is 9.64 Å². The van der Waals surface area contributed by atoms with Crippen molar-refractivity contribution in [1.82, 2.24) is 9.73 Å². The lowest BCUT2D eigenvalue weighted by molar-refractivity contribution is 0.0954. The summed E-state index contributed by atoms with van der Waals surface area (Å²) in [6.07, 6.45) is 0. The Morgan fingerprint density at radius 3 is 2.16 bits per heavy atom. The largest absolute Gasteiger partial charge is 0.378 e. The number of hydrogen-bond acceptors (Lipinski definition) is 6. The summed E-state index contributed by atoms with van der Waals surface area (Å²) >= 11 is 5.97. The number of hydrogen-bond donors (Lipinski definition) is 1. The molecule has 8 nitrogen and oxygen atoms in total. The molecule has 0 unspecified atom stereocenters. The molecule has 0 aliphatic carbocycles. The maximum absolute atomic E-state index is 13.6. The van der Waals surface area contributed by atoms with Gasteiger partial charge in [-0.15, -0.1) is 0 Å². The van der Waals surface area contributed by atoms with Crippen molar-refractivity contribution in [3.05, 3.63) is 130 Å². The fourth-order valence-corrected chi connectivity index (χ4v) is 6.30. The van der Waals surface area contributed by atoms with Crippen LogP contribution >= 0.6 is 11.6 Å². The van der Waals surface area contributed by atoms with E-state index in [2.05, 4.69) is 15.4 Å². The lowest BCUT2D eigenvalue weighted by atomic mass is 10.1. The third kappa shape index (κ3) is 7.89. The molecule has 1 aliphatic heterocycles. The molecule has 11 heteroatoms.